The summed E-state index contributed by atoms with van der Waals surface area (Å²) < 4.78 is 10.5. The van der Waals surface area contributed by atoms with Gasteiger partial charge in [0, 0.05) is 18.0 Å². The van der Waals surface area contributed by atoms with E-state index in [1.807, 2.05) is 0 Å². The average Bonchev–Trinajstić information content (AvgIpc) is 2.67. The van der Waals surface area contributed by atoms with Gasteiger partial charge in [0.15, 0.2) is 17.3 Å². The topological polar surface area (TPSA) is 125 Å². The van der Waals surface area contributed by atoms with Gasteiger partial charge in [0.2, 0.25) is 11.9 Å². The van der Waals surface area contributed by atoms with E-state index in [1.54, 1.807) is 43.6 Å². The zero-order valence-corrected chi connectivity index (χ0v) is 14.1. The Labute approximate surface area is 149 Å². The molecule has 0 atom stereocenters. The van der Waals surface area contributed by atoms with Crippen LogP contribution in [0, 0.1) is 0 Å². The molecular formula is C17H16N6O3. The molecule has 0 radical (unpaired) electrons. The number of methoxy groups -OCH3 is 2. The molecule has 0 unspecified atom stereocenters. The highest BCUT2D eigenvalue weighted by atomic mass is 16.5. The third-order valence-corrected chi connectivity index (χ3v) is 3.44. The first-order valence-corrected chi connectivity index (χ1v) is 7.56. The van der Waals surface area contributed by atoms with Crippen LogP contribution in [0.15, 0.2) is 42.7 Å². The molecule has 0 fully saturated rings. The summed E-state index contributed by atoms with van der Waals surface area (Å²) in [5.74, 6) is 0.998. The molecule has 3 rings (SSSR count). The van der Waals surface area contributed by atoms with Crippen LogP contribution in [0.4, 0.5) is 11.9 Å². The molecule has 1 aromatic carbocycles. The molecule has 26 heavy (non-hydrogen) atoms. The summed E-state index contributed by atoms with van der Waals surface area (Å²) in [6.07, 6.45) is 3.02. The van der Waals surface area contributed by atoms with Gasteiger partial charge >= 0.3 is 0 Å². The first-order valence-electron chi connectivity index (χ1n) is 7.56. The van der Waals surface area contributed by atoms with Gasteiger partial charge in [-0.1, -0.05) is 0 Å². The quantitative estimate of drug-likeness (QED) is 0.712. The number of amides is 1. The van der Waals surface area contributed by atoms with Crippen molar-refractivity contribution in [2.24, 2.45) is 0 Å². The normalized spacial score (nSPS) is 10.2. The number of nitrogens with one attached hydrogen (secondary N) is 1. The predicted octanol–water partition coefficient (Wildman–Crippen LogP) is 1.79. The monoisotopic (exact) mass is 352 g/mol. The minimum atomic E-state index is -0.401. The van der Waals surface area contributed by atoms with E-state index in [-0.39, 0.29) is 11.9 Å². The Kier molecular flexibility index (Phi) is 4.88. The Morgan fingerprint density at radius 2 is 1.88 bits per heavy atom. The number of aromatic nitrogens is 4. The van der Waals surface area contributed by atoms with Gasteiger partial charge in [-0.15, -0.1) is 0 Å². The second-order valence-electron chi connectivity index (χ2n) is 5.11. The van der Waals surface area contributed by atoms with E-state index in [0.29, 0.717) is 28.5 Å². The summed E-state index contributed by atoms with van der Waals surface area (Å²) >= 11 is 0. The molecule has 0 aliphatic carbocycles. The van der Waals surface area contributed by atoms with Crippen LogP contribution in [0.25, 0.3) is 11.4 Å². The number of nitrogens with zero attached hydrogens (tertiary/aromatic N) is 4. The summed E-state index contributed by atoms with van der Waals surface area (Å²) in [6, 6.07) is 8.47. The molecule has 0 aliphatic heterocycles. The summed E-state index contributed by atoms with van der Waals surface area (Å²) in [7, 11) is 3.08. The zero-order valence-electron chi connectivity index (χ0n) is 14.1. The summed E-state index contributed by atoms with van der Waals surface area (Å²) in [6.45, 7) is 0. The molecule has 9 heteroatoms. The molecule has 3 N–H and O–H groups in total. The Balaban J connectivity index is 1.92. The number of pyridine rings is 1. The highest BCUT2D eigenvalue weighted by Crippen LogP contribution is 2.31. The molecule has 0 aliphatic rings. The van der Waals surface area contributed by atoms with E-state index in [0.717, 1.165) is 0 Å². The number of rotatable bonds is 5. The van der Waals surface area contributed by atoms with Crippen LogP contribution in [-0.4, -0.2) is 40.1 Å². The Morgan fingerprint density at radius 3 is 2.58 bits per heavy atom. The van der Waals surface area contributed by atoms with Crippen molar-refractivity contribution in [2.75, 3.05) is 25.3 Å². The lowest BCUT2D eigenvalue weighted by atomic mass is 10.2. The molecule has 0 spiro atoms. The smallest absolute Gasteiger partial charge is 0.259 e. The van der Waals surface area contributed by atoms with E-state index in [2.05, 4.69) is 25.3 Å². The largest absolute Gasteiger partial charge is 0.493 e. The highest BCUT2D eigenvalue weighted by molar-refractivity contribution is 6.03. The van der Waals surface area contributed by atoms with Crippen LogP contribution in [0.3, 0.4) is 0 Å². The highest BCUT2D eigenvalue weighted by Gasteiger charge is 2.13. The van der Waals surface area contributed by atoms with E-state index in [4.69, 9.17) is 15.2 Å². The fraction of sp³-hybridized carbons (Fsp3) is 0.118. The maximum Gasteiger partial charge on any atom is 0.259 e. The number of carbonyl (C=O) groups excluding carboxylic acids is 1. The van der Waals surface area contributed by atoms with Crippen LogP contribution >= 0.6 is 0 Å². The van der Waals surface area contributed by atoms with Crippen molar-refractivity contribution in [2.45, 2.75) is 0 Å². The maximum atomic E-state index is 12.2. The van der Waals surface area contributed by atoms with Gasteiger partial charge in [0.1, 0.15) is 0 Å². The average molecular weight is 352 g/mol. The second-order valence-corrected chi connectivity index (χ2v) is 5.11. The lowest BCUT2D eigenvalue weighted by Gasteiger charge is -2.10. The van der Waals surface area contributed by atoms with Crippen molar-refractivity contribution >= 4 is 17.8 Å². The van der Waals surface area contributed by atoms with Crippen LogP contribution in [0.1, 0.15) is 10.4 Å². The minimum absolute atomic E-state index is 0.0220. The number of benzene rings is 1. The Hall–Kier alpha value is -3.75. The number of nitrogen functional groups attached to an aromatic ring is 1. The van der Waals surface area contributed by atoms with Gasteiger partial charge in [0.05, 0.1) is 19.8 Å². The summed E-state index contributed by atoms with van der Waals surface area (Å²) in [4.78, 5) is 28.4. The second kappa shape index (κ2) is 7.43. The van der Waals surface area contributed by atoms with Gasteiger partial charge in [-0.3, -0.25) is 15.1 Å². The zero-order chi connectivity index (χ0) is 18.5. The molecule has 2 aromatic heterocycles. The molecule has 9 nitrogen and oxygen atoms in total. The van der Waals surface area contributed by atoms with Crippen LogP contribution in [-0.2, 0) is 0 Å². The van der Waals surface area contributed by atoms with Gasteiger partial charge in [-0.2, -0.15) is 15.0 Å². The van der Waals surface area contributed by atoms with Crippen molar-refractivity contribution in [3.8, 4) is 22.9 Å². The van der Waals surface area contributed by atoms with E-state index < -0.39 is 5.91 Å². The molecule has 2 heterocycles. The molecule has 1 amide bonds. The Bertz CT molecular complexity index is 933. The van der Waals surface area contributed by atoms with Crippen LogP contribution in [0.2, 0.25) is 0 Å². The number of hydrogen-bond donors (Lipinski definition) is 2. The lowest BCUT2D eigenvalue weighted by Crippen LogP contribution is -2.16. The number of carbonyl (C=O) groups is 1. The van der Waals surface area contributed by atoms with Gasteiger partial charge in [0.25, 0.3) is 5.91 Å². The van der Waals surface area contributed by atoms with E-state index in [9.17, 15) is 4.79 Å². The lowest BCUT2D eigenvalue weighted by molar-refractivity contribution is 0.102. The third-order valence-electron chi connectivity index (χ3n) is 3.44. The predicted molar refractivity (Wildman–Crippen MR) is 95.0 cm³/mol. The minimum Gasteiger partial charge on any atom is -0.493 e. The standard InChI is InChI=1S/C17H16N6O3/c1-25-12-6-5-10(8-13(12)26-2)14-20-16(18)23-17(21-14)22-15(24)11-4-3-7-19-9-11/h3-9H,1-2H3,(H3,18,20,21,22,23,24). The number of anilines is 2. The first kappa shape index (κ1) is 17.1. The summed E-state index contributed by atoms with van der Waals surface area (Å²) in [5.41, 5.74) is 6.76. The Morgan fingerprint density at radius 1 is 1.08 bits per heavy atom. The van der Waals surface area contributed by atoms with E-state index in [1.165, 1.54) is 13.3 Å². The van der Waals surface area contributed by atoms with Crippen LogP contribution < -0.4 is 20.5 Å². The molecule has 0 saturated heterocycles. The molecule has 0 bridgehead atoms. The number of ether oxygens (including phenoxy) is 2. The molecule has 3 aromatic rings. The van der Waals surface area contributed by atoms with Gasteiger partial charge in [-0.05, 0) is 30.3 Å². The number of nitrogens with two attached hydrogens (primary N) is 1. The first-order chi connectivity index (χ1) is 12.6. The van der Waals surface area contributed by atoms with Crippen LogP contribution in [0.5, 0.6) is 11.5 Å². The SMILES string of the molecule is COc1ccc(-c2nc(N)nc(NC(=O)c3cccnc3)n2)cc1OC. The van der Waals surface area contributed by atoms with Crippen molar-refractivity contribution in [3.63, 3.8) is 0 Å². The number of hydrogen-bond acceptors (Lipinski definition) is 8. The molecule has 0 saturated carbocycles. The molecular weight excluding hydrogens is 336 g/mol. The fourth-order valence-electron chi connectivity index (χ4n) is 2.22. The molecule has 132 valence electrons. The maximum absolute atomic E-state index is 12.2. The van der Waals surface area contributed by atoms with E-state index >= 15 is 0 Å². The van der Waals surface area contributed by atoms with Crippen molar-refractivity contribution in [1.82, 2.24) is 19.9 Å². The van der Waals surface area contributed by atoms with Gasteiger partial charge < -0.3 is 15.2 Å². The fourth-order valence-corrected chi connectivity index (χ4v) is 2.22. The summed E-state index contributed by atoms with van der Waals surface area (Å²) in [5, 5.41) is 2.58. The van der Waals surface area contributed by atoms with Crippen molar-refractivity contribution < 1.29 is 14.3 Å². The van der Waals surface area contributed by atoms with Crippen molar-refractivity contribution in [1.29, 1.82) is 0 Å². The third kappa shape index (κ3) is 3.66. The van der Waals surface area contributed by atoms with Crippen molar-refractivity contribution in [3.05, 3.63) is 48.3 Å². The van der Waals surface area contributed by atoms with Gasteiger partial charge in [-0.25, -0.2) is 0 Å².